The van der Waals surface area contributed by atoms with Crippen LogP contribution in [0.2, 0.25) is 0 Å². The van der Waals surface area contributed by atoms with E-state index in [0.29, 0.717) is 12.3 Å². The van der Waals surface area contributed by atoms with Crippen molar-refractivity contribution in [3.05, 3.63) is 58.6 Å². The first-order valence-electron chi connectivity index (χ1n) is 7.46. The van der Waals surface area contributed by atoms with Gasteiger partial charge in [-0.05, 0) is 18.2 Å². The van der Waals surface area contributed by atoms with Gasteiger partial charge in [0.15, 0.2) is 5.75 Å². The highest BCUT2D eigenvalue weighted by Crippen LogP contribution is 2.32. The van der Waals surface area contributed by atoms with Crippen LogP contribution >= 0.6 is 0 Å². The van der Waals surface area contributed by atoms with Crippen molar-refractivity contribution in [2.75, 3.05) is 24.6 Å². The zero-order chi connectivity index (χ0) is 18.0. The molecule has 0 aliphatic carbocycles. The number of nitro benzene ring substituents is 1. The Morgan fingerprint density at radius 2 is 1.96 bits per heavy atom. The molecule has 0 amide bonds. The summed E-state index contributed by atoms with van der Waals surface area (Å²) < 4.78 is 37.1. The number of nitro groups is 1. The summed E-state index contributed by atoms with van der Waals surface area (Å²) in [6, 6.07) is 12.1. The van der Waals surface area contributed by atoms with E-state index in [4.69, 9.17) is 9.47 Å². The molecule has 1 fully saturated rings. The van der Waals surface area contributed by atoms with Gasteiger partial charge in [0.1, 0.15) is 12.7 Å². The molecule has 3 rings (SSSR count). The van der Waals surface area contributed by atoms with Crippen LogP contribution in [-0.4, -0.2) is 39.7 Å². The van der Waals surface area contributed by atoms with Gasteiger partial charge >= 0.3 is 5.69 Å². The van der Waals surface area contributed by atoms with Gasteiger partial charge < -0.3 is 9.47 Å². The first-order chi connectivity index (χ1) is 11.9. The number of epoxide rings is 1. The highest BCUT2D eigenvalue weighted by atomic mass is 32.2. The van der Waals surface area contributed by atoms with Crippen LogP contribution in [0.1, 0.15) is 0 Å². The standard InChI is InChI=1S/C16H16N2O6S/c1-17(12-5-3-2-4-6-12)25(21,22)14-7-8-15(18(19)20)16(9-14)24-11-13-10-23-13/h2-9,13H,10-11H2,1H3. The van der Waals surface area contributed by atoms with E-state index in [9.17, 15) is 18.5 Å². The lowest BCUT2D eigenvalue weighted by Gasteiger charge is -2.19. The number of nitrogens with zero attached hydrogens (tertiary/aromatic N) is 2. The number of hydrogen-bond acceptors (Lipinski definition) is 6. The lowest BCUT2D eigenvalue weighted by molar-refractivity contribution is -0.385. The van der Waals surface area contributed by atoms with E-state index in [0.717, 1.165) is 10.4 Å². The van der Waals surface area contributed by atoms with E-state index in [1.165, 1.54) is 19.2 Å². The second kappa shape index (κ2) is 6.69. The Morgan fingerprint density at radius 3 is 2.56 bits per heavy atom. The maximum Gasteiger partial charge on any atom is 0.311 e. The average Bonchev–Trinajstić information content (AvgIpc) is 3.44. The minimum atomic E-state index is -3.88. The molecule has 25 heavy (non-hydrogen) atoms. The third kappa shape index (κ3) is 3.72. The van der Waals surface area contributed by atoms with Crippen LogP contribution in [-0.2, 0) is 14.8 Å². The molecular formula is C16H16N2O6S. The molecule has 1 aliphatic heterocycles. The minimum Gasteiger partial charge on any atom is -0.484 e. The van der Waals surface area contributed by atoms with Crippen LogP contribution in [0.4, 0.5) is 11.4 Å². The smallest absolute Gasteiger partial charge is 0.311 e. The molecule has 0 spiro atoms. The summed E-state index contributed by atoms with van der Waals surface area (Å²) in [6.07, 6.45) is -0.105. The molecule has 0 aromatic heterocycles. The van der Waals surface area contributed by atoms with Gasteiger partial charge in [0, 0.05) is 19.2 Å². The monoisotopic (exact) mass is 364 g/mol. The van der Waals surface area contributed by atoms with E-state index in [2.05, 4.69) is 0 Å². The molecule has 8 nitrogen and oxygen atoms in total. The molecule has 0 radical (unpaired) electrons. The normalized spacial score (nSPS) is 16.3. The molecule has 1 atom stereocenters. The molecule has 0 N–H and O–H groups in total. The molecule has 0 saturated carbocycles. The van der Waals surface area contributed by atoms with Crippen LogP contribution in [0.15, 0.2) is 53.4 Å². The Labute approximate surface area is 144 Å². The zero-order valence-electron chi connectivity index (χ0n) is 13.4. The van der Waals surface area contributed by atoms with Gasteiger partial charge in [0.25, 0.3) is 10.0 Å². The van der Waals surface area contributed by atoms with Crippen molar-refractivity contribution >= 4 is 21.4 Å². The molecule has 2 aromatic rings. The molecular weight excluding hydrogens is 348 g/mol. The largest absolute Gasteiger partial charge is 0.484 e. The van der Waals surface area contributed by atoms with Crippen molar-refractivity contribution in [2.24, 2.45) is 0 Å². The lowest BCUT2D eigenvalue weighted by atomic mass is 10.3. The molecule has 1 saturated heterocycles. The zero-order valence-corrected chi connectivity index (χ0v) is 14.2. The van der Waals surface area contributed by atoms with Gasteiger partial charge in [0.2, 0.25) is 0 Å². The van der Waals surface area contributed by atoms with Crippen molar-refractivity contribution < 1.29 is 22.8 Å². The number of anilines is 1. The summed E-state index contributed by atoms with van der Waals surface area (Å²) in [7, 11) is -2.46. The summed E-state index contributed by atoms with van der Waals surface area (Å²) in [6.45, 7) is 0.668. The van der Waals surface area contributed by atoms with Crippen molar-refractivity contribution in [2.45, 2.75) is 11.0 Å². The summed E-state index contributed by atoms with van der Waals surface area (Å²) >= 11 is 0. The minimum absolute atomic E-state index is 0.0869. The summed E-state index contributed by atoms with van der Waals surface area (Å²) in [5.74, 6) is -0.0944. The van der Waals surface area contributed by atoms with Crippen molar-refractivity contribution in [3.63, 3.8) is 0 Å². The maximum absolute atomic E-state index is 12.8. The molecule has 132 valence electrons. The van der Waals surface area contributed by atoms with E-state index in [1.807, 2.05) is 0 Å². The molecule has 9 heteroatoms. The molecule has 2 aromatic carbocycles. The Hall–Kier alpha value is -2.65. The van der Waals surface area contributed by atoms with Crippen LogP contribution < -0.4 is 9.04 Å². The number of benzene rings is 2. The number of sulfonamides is 1. The molecule has 1 aliphatic rings. The summed E-state index contributed by atoms with van der Waals surface area (Å²) in [5.41, 5.74) is 0.191. The van der Waals surface area contributed by atoms with Gasteiger partial charge in [0.05, 0.1) is 22.1 Å². The fourth-order valence-corrected chi connectivity index (χ4v) is 3.41. The van der Waals surface area contributed by atoms with Gasteiger partial charge in [-0.1, -0.05) is 18.2 Å². The molecule has 1 heterocycles. The van der Waals surface area contributed by atoms with E-state index in [-0.39, 0.29) is 29.0 Å². The van der Waals surface area contributed by atoms with E-state index in [1.54, 1.807) is 30.3 Å². The summed E-state index contributed by atoms with van der Waals surface area (Å²) in [4.78, 5) is 10.4. The Kier molecular flexibility index (Phi) is 4.60. The SMILES string of the molecule is CN(c1ccccc1)S(=O)(=O)c1ccc([N+](=O)[O-])c(OCC2CO2)c1. The quantitative estimate of drug-likeness (QED) is 0.424. The maximum atomic E-state index is 12.8. The van der Waals surface area contributed by atoms with E-state index >= 15 is 0 Å². The average molecular weight is 364 g/mol. The van der Waals surface area contributed by atoms with Gasteiger partial charge in [-0.3, -0.25) is 14.4 Å². The lowest BCUT2D eigenvalue weighted by Crippen LogP contribution is -2.26. The predicted octanol–water partition coefficient (Wildman–Crippen LogP) is 2.20. The first kappa shape index (κ1) is 17.2. The Morgan fingerprint density at radius 1 is 1.28 bits per heavy atom. The number of para-hydroxylation sites is 1. The number of rotatable bonds is 7. The molecule has 1 unspecified atom stereocenters. The van der Waals surface area contributed by atoms with Crippen LogP contribution in [0, 0.1) is 10.1 Å². The Bertz CT molecular complexity index is 881. The van der Waals surface area contributed by atoms with Crippen molar-refractivity contribution in [1.82, 2.24) is 0 Å². The third-order valence-electron chi connectivity index (χ3n) is 3.73. The van der Waals surface area contributed by atoms with E-state index < -0.39 is 14.9 Å². The van der Waals surface area contributed by atoms with Gasteiger partial charge in [-0.2, -0.15) is 0 Å². The first-order valence-corrected chi connectivity index (χ1v) is 8.90. The third-order valence-corrected chi connectivity index (χ3v) is 5.51. The second-order valence-electron chi connectivity index (χ2n) is 5.46. The highest BCUT2D eigenvalue weighted by molar-refractivity contribution is 7.92. The van der Waals surface area contributed by atoms with Crippen LogP contribution in [0.25, 0.3) is 0 Å². The van der Waals surface area contributed by atoms with Crippen molar-refractivity contribution in [3.8, 4) is 5.75 Å². The number of hydrogen-bond donors (Lipinski definition) is 0. The number of ether oxygens (including phenoxy) is 2. The van der Waals surface area contributed by atoms with Crippen molar-refractivity contribution in [1.29, 1.82) is 0 Å². The second-order valence-corrected chi connectivity index (χ2v) is 7.43. The summed E-state index contributed by atoms with van der Waals surface area (Å²) in [5, 5.41) is 11.1. The van der Waals surface area contributed by atoms with Crippen LogP contribution in [0.5, 0.6) is 5.75 Å². The van der Waals surface area contributed by atoms with Crippen LogP contribution in [0.3, 0.4) is 0 Å². The topological polar surface area (TPSA) is 102 Å². The predicted molar refractivity (Wildman–Crippen MR) is 90.4 cm³/mol. The molecule has 0 bridgehead atoms. The highest BCUT2D eigenvalue weighted by Gasteiger charge is 2.28. The Balaban J connectivity index is 1.94. The fraction of sp³-hybridized carbons (Fsp3) is 0.250. The van der Waals surface area contributed by atoms with Gasteiger partial charge in [-0.15, -0.1) is 0 Å². The van der Waals surface area contributed by atoms with Gasteiger partial charge in [-0.25, -0.2) is 8.42 Å². The fourth-order valence-electron chi connectivity index (χ4n) is 2.20.